The summed E-state index contributed by atoms with van der Waals surface area (Å²) in [5.41, 5.74) is 1.31. The lowest BCUT2D eigenvalue weighted by Crippen LogP contribution is -2.48. The van der Waals surface area contributed by atoms with Crippen LogP contribution in [0, 0.1) is 0 Å². The number of carbonyl (C=O) groups is 1. The van der Waals surface area contributed by atoms with Crippen LogP contribution in [0.3, 0.4) is 0 Å². The topological polar surface area (TPSA) is 32.3 Å². The summed E-state index contributed by atoms with van der Waals surface area (Å²) in [5, 5.41) is 5.41. The summed E-state index contributed by atoms with van der Waals surface area (Å²) >= 11 is 1.51. The first-order valence-corrected chi connectivity index (χ1v) is 8.21. The zero-order valence-electron chi connectivity index (χ0n) is 12.2. The first kappa shape index (κ1) is 14.3. The third-order valence-corrected chi connectivity index (χ3v) is 5.08. The van der Waals surface area contributed by atoms with Gasteiger partial charge in [-0.15, -0.1) is 11.3 Å². The van der Waals surface area contributed by atoms with Gasteiger partial charge in [-0.05, 0) is 30.0 Å². The predicted octanol–water partition coefficient (Wildman–Crippen LogP) is 2.97. The van der Waals surface area contributed by atoms with E-state index in [1.807, 2.05) is 35.5 Å². The van der Waals surface area contributed by atoms with Crippen LogP contribution < -0.4 is 5.32 Å². The second kappa shape index (κ2) is 6.41. The minimum Gasteiger partial charge on any atom is -0.337 e. The van der Waals surface area contributed by atoms with Crippen molar-refractivity contribution in [1.82, 2.24) is 10.2 Å². The van der Waals surface area contributed by atoms with E-state index in [-0.39, 0.29) is 11.9 Å². The molecule has 0 radical (unpaired) electrons. The summed E-state index contributed by atoms with van der Waals surface area (Å²) in [4.78, 5) is 15.4. The van der Waals surface area contributed by atoms with E-state index in [2.05, 4.69) is 29.6 Å². The summed E-state index contributed by atoms with van der Waals surface area (Å²) in [7, 11) is 1.94. The summed E-state index contributed by atoms with van der Waals surface area (Å²) in [6, 6.07) is 14.6. The number of nitrogens with zero attached hydrogens (tertiary/aromatic N) is 1. The molecule has 0 aliphatic carbocycles. The van der Waals surface area contributed by atoms with Gasteiger partial charge < -0.3 is 10.2 Å². The summed E-state index contributed by atoms with van der Waals surface area (Å²) in [6.07, 6.45) is 0.993. The molecule has 3 rings (SSSR count). The molecule has 1 saturated heterocycles. The molecule has 0 spiro atoms. The van der Waals surface area contributed by atoms with Crippen LogP contribution in [0.4, 0.5) is 0 Å². The highest BCUT2D eigenvalue weighted by atomic mass is 32.1. The maximum Gasteiger partial charge on any atom is 0.263 e. The lowest BCUT2D eigenvalue weighted by atomic mass is 9.86. The minimum atomic E-state index is 0.137. The number of carbonyl (C=O) groups excluding carboxylic acids is 1. The number of benzene rings is 1. The molecule has 1 aliphatic rings. The Morgan fingerprint density at radius 3 is 2.76 bits per heavy atom. The number of thiophene rings is 1. The molecule has 1 N–H and O–H groups in total. The Balaban J connectivity index is 1.82. The van der Waals surface area contributed by atoms with Gasteiger partial charge >= 0.3 is 0 Å². The van der Waals surface area contributed by atoms with Crippen molar-refractivity contribution < 1.29 is 4.79 Å². The first-order valence-electron chi connectivity index (χ1n) is 7.33. The van der Waals surface area contributed by atoms with Crippen molar-refractivity contribution in [3.8, 4) is 0 Å². The highest BCUT2D eigenvalue weighted by Gasteiger charge is 2.32. The molecular weight excluding hydrogens is 280 g/mol. The van der Waals surface area contributed by atoms with Gasteiger partial charge in [0, 0.05) is 25.6 Å². The highest BCUT2D eigenvalue weighted by Crippen LogP contribution is 2.28. The Morgan fingerprint density at radius 1 is 1.24 bits per heavy atom. The monoisotopic (exact) mass is 300 g/mol. The van der Waals surface area contributed by atoms with E-state index in [9.17, 15) is 4.79 Å². The Kier molecular flexibility index (Phi) is 4.36. The molecule has 1 amide bonds. The molecule has 3 nitrogen and oxygen atoms in total. The van der Waals surface area contributed by atoms with Crippen molar-refractivity contribution in [2.24, 2.45) is 0 Å². The average Bonchev–Trinajstić information content (AvgIpc) is 3.09. The van der Waals surface area contributed by atoms with Gasteiger partial charge in [-0.2, -0.15) is 0 Å². The molecule has 110 valence electrons. The first-order chi connectivity index (χ1) is 10.3. The summed E-state index contributed by atoms with van der Waals surface area (Å²) in [6.45, 7) is 1.90. The average molecular weight is 300 g/mol. The number of rotatable bonds is 3. The number of hydrogen-bond acceptors (Lipinski definition) is 3. The van der Waals surface area contributed by atoms with E-state index in [1.165, 1.54) is 16.9 Å². The van der Waals surface area contributed by atoms with E-state index in [0.29, 0.717) is 5.92 Å². The Bertz CT molecular complexity index is 582. The van der Waals surface area contributed by atoms with E-state index >= 15 is 0 Å². The molecule has 4 heteroatoms. The molecule has 1 aromatic heterocycles. The van der Waals surface area contributed by atoms with Gasteiger partial charge in [-0.1, -0.05) is 36.4 Å². The van der Waals surface area contributed by atoms with E-state index in [4.69, 9.17) is 0 Å². The quantitative estimate of drug-likeness (QED) is 0.945. The standard InChI is InChI=1S/C17H20N2OS/c1-19(17(20)16-8-5-11-21-16)15-9-10-18-12-14(15)13-6-3-2-4-7-13/h2-8,11,14-15,18H,9-10,12H2,1H3/t14-,15+/m0/s1. The molecule has 2 atom stereocenters. The molecular formula is C17H20N2OS. The van der Waals surface area contributed by atoms with E-state index in [0.717, 1.165) is 24.4 Å². The molecule has 1 aliphatic heterocycles. The predicted molar refractivity (Wildman–Crippen MR) is 86.9 cm³/mol. The lowest BCUT2D eigenvalue weighted by molar-refractivity contribution is 0.0684. The SMILES string of the molecule is CN(C(=O)c1cccs1)[C@@H]1CCNC[C@H]1c1ccccc1. The van der Waals surface area contributed by atoms with Crippen molar-refractivity contribution in [2.75, 3.05) is 20.1 Å². The van der Waals surface area contributed by atoms with Gasteiger partial charge in [0.2, 0.25) is 0 Å². The van der Waals surface area contributed by atoms with Crippen molar-refractivity contribution in [3.63, 3.8) is 0 Å². The van der Waals surface area contributed by atoms with Crippen LogP contribution in [0.2, 0.25) is 0 Å². The fourth-order valence-corrected chi connectivity index (χ4v) is 3.78. The molecule has 0 bridgehead atoms. The number of likely N-dealkylation sites (N-methyl/N-ethyl adjacent to an activating group) is 1. The minimum absolute atomic E-state index is 0.137. The number of piperidine rings is 1. The third kappa shape index (κ3) is 3.01. The Hall–Kier alpha value is -1.65. The van der Waals surface area contributed by atoms with Gasteiger partial charge in [-0.25, -0.2) is 0 Å². The zero-order valence-corrected chi connectivity index (χ0v) is 13.0. The molecule has 1 aromatic carbocycles. The normalized spacial score (nSPS) is 22.0. The van der Waals surface area contributed by atoms with Gasteiger partial charge in [-0.3, -0.25) is 4.79 Å². The molecule has 2 heterocycles. The fraction of sp³-hybridized carbons (Fsp3) is 0.353. The fourth-order valence-electron chi connectivity index (χ4n) is 3.07. The number of hydrogen-bond donors (Lipinski definition) is 1. The molecule has 1 fully saturated rings. The third-order valence-electron chi connectivity index (χ3n) is 4.22. The highest BCUT2D eigenvalue weighted by molar-refractivity contribution is 7.12. The number of amides is 1. The van der Waals surface area contributed by atoms with Crippen LogP contribution in [0.1, 0.15) is 27.6 Å². The van der Waals surface area contributed by atoms with Crippen LogP contribution in [0.15, 0.2) is 47.8 Å². The molecule has 0 unspecified atom stereocenters. The van der Waals surface area contributed by atoms with E-state index in [1.54, 1.807) is 0 Å². The summed E-state index contributed by atoms with van der Waals surface area (Å²) in [5.74, 6) is 0.492. The lowest BCUT2D eigenvalue weighted by Gasteiger charge is -2.38. The Morgan fingerprint density at radius 2 is 2.05 bits per heavy atom. The van der Waals surface area contributed by atoms with E-state index < -0.39 is 0 Å². The van der Waals surface area contributed by atoms with Crippen LogP contribution in [-0.4, -0.2) is 37.0 Å². The van der Waals surface area contributed by atoms with Crippen molar-refractivity contribution in [3.05, 3.63) is 58.3 Å². The second-order valence-electron chi connectivity index (χ2n) is 5.47. The van der Waals surface area contributed by atoms with Crippen LogP contribution in [-0.2, 0) is 0 Å². The molecule has 2 aromatic rings. The van der Waals surface area contributed by atoms with Crippen molar-refractivity contribution in [2.45, 2.75) is 18.4 Å². The van der Waals surface area contributed by atoms with Crippen LogP contribution >= 0.6 is 11.3 Å². The maximum atomic E-state index is 12.6. The Labute approximate surface area is 129 Å². The molecule has 21 heavy (non-hydrogen) atoms. The maximum absolute atomic E-state index is 12.6. The van der Waals surface area contributed by atoms with Crippen LogP contribution in [0.25, 0.3) is 0 Å². The van der Waals surface area contributed by atoms with Gasteiger partial charge in [0.25, 0.3) is 5.91 Å². The zero-order chi connectivity index (χ0) is 14.7. The van der Waals surface area contributed by atoms with Gasteiger partial charge in [0.05, 0.1) is 4.88 Å². The second-order valence-corrected chi connectivity index (χ2v) is 6.42. The van der Waals surface area contributed by atoms with Crippen molar-refractivity contribution >= 4 is 17.2 Å². The largest absolute Gasteiger partial charge is 0.337 e. The smallest absolute Gasteiger partial charge is 0.263 e. The summed E-state index contributed by atoms with van der Waals surface area (Å²) < 4.78 is 0. The van der Waals surface area contributed by atoms with Crippen molar-refractivity contribution in [1.29, 1.82) is 0 Å². The van der Waals surface area contributed by atoms with Crippen LogP contribution in [0.5, 0.6) is 0 Å². The van der Waals surface area contributed by atoms with Gasteiger partial charge in [0.15, 0.2) is 0 Å². The number of nitrogens with one attached hydrogen (secondary N) is 1. The molecule has 0 saturated carbocycles. The van der Waals surface area contributed by atoms with Gasteiger partial charge in [0.1, 0.15) is 0 Å².